The van der Waals surface area contributed by atoms with Crippen molar-refractivity contribution in [3.8, 4) is 5.75 Å². The maximum atomic E-state index is 14.4. The number of hydrogen-bond acceptors (Lipinski definition) is 7. The highest BCUT2D eigenvalue weighted by Crippen LogP contribution is 2.51. The van der Waals surface area contributed by atoms with Gasteiger partial charge in [-0.25, -0.2) is 4.79 Å². The van der Waals surface area contributed by atoms with Gasteiger partial charge in [-0.2, -0.15) is 13.2 Å². The third kappa shape index (κ3) is 5.26. The van der Waals surface area contributed by atoms with Crippen molar-refractivity contribution < 1.29 is 41.8 Å². The van der Waals surface area contributed by atoms with E-state index in [-0.39, 0.29) is 42.2 Å². The van der Waals surface area contributed by atoms with Crippen LogP contribution in [0.4, 0.5) is 13.2 Å². The zero-order valence-corrected chi connectivity index (χ0v) is 22.6. The minimum Gasteiger partial charge on any atom is -0.496 e. The molecule has 0 spiro atoms. The lowest BCUT2D eigenvalue weighted by Gasteiger charge is -2.41. The number of para-hydroxylation sites is 1. The van der Waals surface area contributed by atoms with Crippen LogP contribution in [0.15, 0.2) is 64.8 Å². The molecule has 1 saturated carbocycles. The standard InChI is InChI=1S/C30H30F3NO6/c1-5-39-28(36)23-16(3)34-21-15-19(17-11-8-10-14-22(17)38-4)25(29(37)40-6-2)27(35)26(21)24(23)18-12-7-9-13-20(18)30(31,32)33/h7-14,19,24-26H,5-6,15H2,1-4H3/t19-,24+,25+,26?/m0/s1. The number of Topliss-reactive ketones (excluding diaryl/α,β-unsaturated/α-hetero) is 1. The number of hydrogen-bond donors (Lipinski definition) is 0. The second kappa shape index (κ2) is 11.7. The van der Waals surface area contributed by atoms with Crippen molar-refractivity contribution in [2.45, 2.75) is 45.2 Å². The molecule has 40 heavy (non-hydrogen) atoms. The molecule has 2 aliphatic rings. The maximum absolute atomic E-state index is 14.4. The number of ether oxygens (including phenoxy) is 3. The van der Waals surface area contributed by atoms with E-state index in [4.69, 9.17) is 14.2 Å². The van der Waals surface area contributed by atoms with E-state index < -0.39 is 53.1 Å². The number of nitrogens with zero attached hydrogens (tertiary/aromatic N) is 1. The number of ketones is 1. The van der Waals surface area contributed by atoms with Gasteiger partial charge < -0.3 is 14.2 Å². The number of aliphatic imine (C=N–C) groups is 1. The number of esters is 2. The molecule has 212 valence electrons. The third-order valence-electron chi connectivity index (χ3n) is 7.32. The van der Waals surface area contributed by atoms with Crippen LogP contribution in [0.5, 0.6) is 5.75 Å². The van der Waals surface area contributed by atoms with Crippen LogP contribution in [-0.4, -0.2) is 43.8 Å². The Hall–Kier alpha value is -3.95. The van der Waals surface area contributed by atoms with Gasteiger partial charge in [0.2, 0.25) is 0 Å². The number of methoxy groups -OCH3 is 1. The van der Waals surface area contributed by atoms with Gasteiger partial charge in [0, 0.05) is 23.2 Å². The van der Waals surface area contributed by atoms with Crippen LogP contribution in [0.25, 0.3) is 0 Å². The van der Waals surface area contributed by atoms with Gasteiger partial charge >= 0.3 is 18.1 Å². The molecule has 4 atom stereocenters. The molecule has 1 aliphatic carbocycles. The van der Waals surface area contributed by atoms with E-state index in [1.807, 2.05) is 0 Å². The first-order chi connectivity index (χ1) is 19.0. The lowest BCUT2D eigenvalue weighted by molar-refractivity contribution is -0.154. The average molecular weight is 558 g/mol. The highest BCUT2D eigenvalue weighted by atomic mass is 19.4. The van der Waals surface area contributed by atoms with Gasteiger partial charge in [0.05, 0.1) is 37.4 Å². The topological polar surface area (TPSA) is 91.3 Å². The van der Waals surface area contributed by atoms with Gasteiger partial charge in [0.25, 0.3) is 0 Å². The Labute approximate surface area is 230 Å². The summed E-state index contributed by atoms with van der Waals surface area (Å²) in [6.45, 7) is 4.66. The molecular weight excluding hydrogens is 527 g/mol. The summed E-state index contributed by atoms with van der Waals surface area (Å²) in [4.78, 5) is 45.4. The molecule has 1 heterocycles. The number of fused-ring (bicyclic) bond motifs is 1. The molecule has 1 fully saturated rings. The fraction of sp³-hybridized carbons (Fsp3) is 0.400. The molecule has 0 bridgehead atoms. The molecule has 0 radical (unpaired) electrons. The Morgan fingerprint density at radius 3 is 2.20 bits per heavy atom. The van der Waals surface area contributed by atoms with Crippen LogP contribution in [0, 0.1) is 11.8 Å². The predicted molar refractivity (Wildman–Crippen MR) is 140 cm³/mol. The number of carbonyl (C=O) groups is 3. The zero-order valence-electron chi connectivity index (χ0n) is 22.6. The fourth-order valence-electron chi connectivity index (χ4n) is 5.78. The highest BCUT2D eigenvalue weighted by molar-refractivity contribution is 6.18. The maximum Gasteiger partial charge on any atom is 0.416 e. The van der Waals surface area contributed by atoms with Crippen LogP contribution in [-0.2, 0) is 30.0 Å². The Morgan fingerprint density at radius 1 is 0.950 bits per heavy atom. The number of halogens is 3. The molecule has 0 aromatic heterocycles. The first-order valence-corrected chi connectivity index (χ1v) is 13.0. The lowest BCUT2D eigenvalue weighted by atomic mass is 9.61. The van der Waals surface area contributed by atoms with Gasteiger partial charge in [0.1, 0.15) is 11.7 Å². The summed E-state index contributed by atoms with van der Waals surface area (Å²) >= 11 is 0. The largest absolute Gasteiger partial charge is 0.496 e. The highest BCUT2D eigenvalue weighted by Gasteiger charge is 2.54. The molecule has 0 amide bonds. The van der Waals surface area contributed by atoms with Crippen LogP contribution in [0.1, 0.15) is 55.7 Å². The number of rotatable bonds is 7. The lowest BCUT2D eigenvalue weighted by Crippen LogP contribution is -2.49. The summed E-state index contributed by atoms with van der Waals surface area (Å²) in [5, 5.41) is 0. The first kappa shape index (κ1) is 29.0. The first-order valence-electron chi connectivity index (χ1n) is 13.0. The summed E-state index contributed by atoms with van der Waals surface area (Å²) in [5.41, 5.74) is -0.367. The van der Waals surface area contributed by atoms with Gasteiger partial charge in [-0.05, 0) is 50.5 Å². The molecular formula is C30H30F3NO6. The minimum atomic E-state index is -4.77. The Morgan fingerprint density at radius 2 is 1.57 bits per heavy atom. The van der Waals surface area contributed by atoms with Gasteiger partial charge in [-0.15, -0.1) is 0 Å². The van der Waals surface area contributed by atoms with Crippen molar-refractivity contribution in [3.05, 3.63) is 76.5 Å². The molecule has 2 aromatic carbocycles. The van der Waals surface area contributed by atoms with Crippen LogP contribution in [0.2, 0.25) is 0 Å². The van der Waals surface area contributed by atoms with E-state index in [0.29, 0.717) is 11.3 Å². The summed E-state index contributed by atoms with van der Waals surface area (Å²) < 4.78 is 58.7. The Bertz CT molecular complexity index is 1380. The summed E-state index contributed by atoms with van der Waals surface area (Å²) in [6, 6.07) is 11.7. The Kier molecular flexibility index (Phi) is 8.46. The van der Waals surface area contributed by atoms with Crippen molar-refractivity contribution in [3.63, 3.8) is 0 Å². The SMILES string of the molecule is CCOC(=O)C1=C(C)N=C2C[C@@H](c3ccccc3OC)[C@@H](C(=O)OCC)C(=O)C2[C@@H]1c1ccccc1C(F)(F)F. The van der Waals surface area contributed by atoms with E-state index in [9.17, 15) is 27.6 Å². The monoisotopic (exact) mass is 557 g/mol. The molecule has 1 unspecified atom stereocenters. The van der Waals surface area contributed by atoms with Crippen LogP contribution in [0.3, 0.4) is 0 Å². The summed E-state index contributed by atoms with van der Waals surface area (Å²) in [5.74, 6) is -6.67. The molecule has 2 aromatic rings. The van der Waals surface area contributed by atoms with E-state index in [0.717, 1.165) is 6.07 Å². The molecule has 0 N–H and O–H groups in total. The molecule has 1 aliphatic heterocycles. The third-order valence-corrected chi connectivity index (χ3v) is 7.32. The van der Waals surface area contributed by atoms with E-state index in [2.05, 4.69) is 4.99 Å². The van der Waals surface area contributed by atoms with Crippen LogP contribution < -0.4 is 4.74 Å². The number of carbonyl (C=O) groups excluding carboxylic acids is 3. The van der Waals surface area contributed by atoms with Gasteiger partial charge in [-0.3, -0.25) is 14.6 Å². The molecule has 0 saturated heterocycles. The number of allylic oxidation sites excluding steroid dienone is 1. The van der Waals surface area contributed by atoms with Crippen molar-refractivity contribution in [1.29, 1.82) is 0 Å². The van der Waals surface area contributed by atoms with E-state index in [1.165, 1.54) is 32.2 Å². The van der Waals surface area contributed by atoms with Crippen molar-refractivity contribution in [2.75, 3.05) is 20.3 Å². The molecule has 7 nitrogen and oxygen atoms in total. The molecule has 4 rings (SSSR count). The van der Waals surface area contributed by atoms with E-state index in [1.54, 1.807) is 38.1 Å². The van der Waals surface area contributed by atoms with Crippen molar-refractivity contribution >= 4 is 23.4 Å². The predicted octanol–water partition coefficient (Wildman–Crippen LogP) is 5.64. The van der Waals surface area contributed by atoms with E-state index >= 15 is 0 Å². The Balaban J connectivity index is 1.97. The smallest absolute Gasteiger partial charge is 0.416 e. The second-order valence-electron chi connectivity index (χ2n) is 9.55. The number of alkyl halides is 3. The normalized spacial score (nSPS) is 22.8. The summed E-state index contributed by atoms with van der Waals surface area (Å²) in [7, 11) is 1.46. The number of benzene rings is 2. The van der Waals surface area contributed by atoms with Crippen molar-refractivity contribution in [1.82, 2.24) is 0 Å². The summed E-state index contributed by atoms with van der Waals surface area (Å²) in [6.07, 6.45) is -4.70. The van der Waals surface area contributed by atoms with Crippen LogP contribution >= 0.6 is 0 Å². The van der Waals surface area contributed by atoms with Gasteiger partial charge in [0.15, 0.2) is 5.78 Å². The van der Waals surface area contributed by atoms with Gasteiger partial charge in [-0.1, -0.05) is 36.4 Å². The minimum absolute atomic E-state index is 0.000291. The quantitative estimate of drug-likeness (QED) is 0.323. The molecule has 10 heteroatoms. The fourth-order valence-corrected chi connectivity index (χ4v) is 5.78. The average Bonchev–Trinajstić information content (AvgIpc) is 2.91. The van der Waals surface area contributed by atoms with Crippen molar-refractivity contribution in [2.24, 2.45) is 16.8 Å². The second-order valence-corrected chi connectivity index (χ2v) is 9.55. The zero-order chi connectivity index (χ0) is 29.2.